The normalized spacial score (nSPS) is 15.3. The first-order valence-electron chi connectivity index (χ1n) is 3.84. The Labute approximate surface area is 66.8 Å². The molecule has 0 radical (unpaired) electrons. The molecule has 2 rings (SSSR count). The Balaban J connectivity index is 2.52. The summed E-state index contributed by atoms with van der Waals surface area (Å²) in [4.78, 5) is 0. The molecular weight excluding hydrogens is 136 g/mol. The second kappa shape index (κ2) is 2.24. The first-order chi connectivity index (χ1) is 5.27. The van der Waals surface area contributed by atoms with Gasteiger partial charge in [0, 0.05) is 13.6 Å². The van der Waals surface area contributed by atoms with E-state index in [1.807, 2.05) is 7.05 Å². The van der Waals surface area contributed by atoms with Crippen molar-refractivity contribution in [1.29, 1.82) is 0 Å². The number of aryl methyl sites for hydroxylation is 1. The summed E-state index contributed by atoms with van der Waals surface area (Å²) >= 11 is 0. The lowest BCUT2D eigenvalue weighted by Gasteiger charge is -2.11. The van der Waals surface area contributed by atoms with Crippen molar-refractivity contribution in [3.8, 4) is 0 Å². The zero-order chi connectivity index (χ0) is 7.84. The van der Waals surface area contributed by atoms with Gasteiger partial charge in [0.05, 0.1) is 5.69 Å². The Hall–Kier alpha value is -1.02. The highest BCUT2D eigenvalue weighted by atomic mass is 15.5. The highest BCUT2D eigenvalue weighted by Gasteiger charge is 2.13. The SMILES string of the molecule is Cc1ccc2c(c1)N(C)NC2. The average Bonchev–Trinajstić information content (AvgIpc) is 2.33. The van der Waals surface area contributed by atoms with Crippen LogP contribution in [0.4, 0.5) is 5.69 Å². The third-order valence-corrected chi connectivity index (χ3v) is 2.11. The number of benzene rings is 1. The number of rotatable bonds is 0. The molecule has 1 aromatic carbocycles. The van der Waals surface area contributed by atoms with E-state index in [2.05, 4.69) is 35.6 Å². The largest absolute Gasteiger partial charge is 0.311 e. The Morgan fingerprint density at radius 2 is 2.27 bits per heavy atom. The van der Waals surface area contributed by atoms with E-state index in [-0.39, 0.29) is 0 Å². The van der Waals surface area contributed by atoms with Crippen molar-refractivity contribution in [1.82, 2.24) is 5.43 Å². The van der Waals surface area contributed by atoms with Crippen molar-refractivity contribution >= 4 is 5.69 Å². The van der Waals surface area contributed by atoms with E-state index in [4.69, 9.17) is 0 Å². The molecule has 0 amide bonds. The maximum absolute atomic E-state index is 3.25. The number of hydrogen-bond acceptors (Lipinski definition) is 2. The molecular formula is C9H12N2. The lowest BCUT2D eigenvalue weighted by molar-refractivity contribution is 0.734. The topological polar surface area (TPSA) is 15.3 Å². The van der Waals surface area contributed by atoms with Gasteiger partial charge in [-0.05, 0) is 24.1 Å². The number of anilines is 1. The minimum atomic E-state index is 0.964. The predicted molar refractivity (Wildman–Crippen MR) is 46.4 cm³/mol. The summed E-state index contributed by atoms with van der Waals surface area (Å²) in [5.41, 5.74) is 7.26. The minimum Gasteiger partial charge on any atom is -0.311 e. The standard InChI is InChI=1S/C9H12N2/c1-7-3-4-8-6-10-11(2)9(8)5-7/h3-5,10H,6H2,1-2H3. The van der Waals surface area contributed by atoms with Crippen LogP contribution >= 0.6 is 0 Å². The number of nitrogens with zero attached hydrogens (tertiary/aromatic N) is 1. The highest BCUT2D eigenvalue weighted by molar-refractivity contribution is 5.56. The summed E-state index contributed by atoms with van der Waals surface area (Å²) in [6, 6.07) is 6.54. The molecule has 0 aromatic heterocycles. The van der Waals surface area contributed by atoms with Gasteiger partial charge in [0.2, 0.25) is 0 Å². The molecule has 0 atom stereocenters. The molecule has 0 saturated heterocycles. The Bertz CT molecular complexity index is 281. The van der Waals surface area contributed by atoms with Gasteiger partial charge in [-0.15, -0.1) is 0 Å². The van der Waals surface area contributed by atoms with Crippen LogP contribution in [0, 0.1) is 6.92 Å². The minimum absolute atomic E-state index is 0.964. The maximum atomic E-state index is 3.25. The van der Waals surface area contributed by atoms with Crippen LogP contribution in [-0.4, -0.2) is 7.05 Å². The molecule has 1 aliphatic rings. The van der Waals surface area contributed by atoms with E-state index in [1.165, 1.54) is 16.8 Å². The molecule has 1 heterocycles. The van der Waals surface area contributed by atoms with Gasteiger partial charge in [-0.2, -0.15) is 0 Å². The zero-order valence-electron chi connectivity index (χ0n) is 6.89. The van der Waals surface area contributed by atoms with Crippen LogP contribution in [0.1, 0.15) is 11.1 Å². The lowest BCUT2D eigenvalue weighted by Crippen LogP contribution is -2.26. The average molecular weight is 148 g/mol. The van der Waals surface area contributed by atoms with E-state index in [9.17, 15) is 0 Å². The molecule has 0 saturated carbocycles. The first-order valence-corrected chi connectivity index (χ1v) is 3.84. The number of fused-ring (bicyclic) bond motifs is 1. The van der Waals surface area contributed by atoms with E-state index in [0.717, 1.165) is 6.54 Å². The fourth-order valence-electron chi connectivity index (χ4n) is 1.42. The Morgan fingerprint density at radius 3 is 3.09 bits per heavy atom. The Morgan fingerprint density at radius 1 is 1.45 bits per heavy atom. The molecule has 2 nitrogen and oxygen atoms in total. The summed E-state index contributed by atoms with van der Waals surface area (Å²) in [7, 11) is 2.05. The van der Waals surface area contributed by atoms with Crippen LogP contribution < -0.4 is 10.4 Å². The summed E-state index contributed by atoms with van der Waals surface area (Å²) in [6.45, 7) is 3.08. The van der Waals surface area contributed by atoms with E-state index >= 15 is 0 Å². The molecule has 1 aliphatic heterocycles. The molecule has 58 valence electrons. The smallest absolute Gasteiger partial charge is 0.0564 e. The molecule has 0 unspecified atom stereocenters. The molecule has 0 fully saturated rings. The van der Waals surface area contributed by atoms with Crippen LogP contribution in [0.5, 0.6) is 0 Å². The second-order valence-corrected chi connectivity index (χ2v) is 3.03. The van der Waals surface area contributed by atoms with Crippen molar-refractivity contribution < 1.29 is 0 Å². The van der Waals surface area contributed by atoms with Crippen LogP contribution in [0.3, 0.4) is 0 Å². The highest BCUT2D eigenvalue weighted by Crippen LogP contribution is 2.24. The summed E-state index contributed by atoms with van der Waals surface area (Å²) in [5.74, 6) is 0. The van der Waals surface area contributed by atoms with Crippen LogP contribution in [-0.2, 0) is 6.54 Å². The van der Waals surface area contributed by atoms with Gasteiger partial charge >= 0.3 is 0 Å². The van der Waals surface area contributed by atoms with Crippen LogP contribution in [0.25, 0.3) is 0 Å². The van der Waals surface area contributed by atoms with Gasteiger partial charge in [0.1, 0.15) is 0 Å². The summed E-state index contributed by atoms with van der Waals surface area (Å²) in [5, 5.41) is 2.07. The monoisotopic (exact) mass is 148 g/mol. The van der Waals surface area contributed by atoms with Gasteiger partial charge < -0.3 is 5.01 Å². The van der Waals surface area contributed by atoms with E-state index < -0.39 is 0 Å². The van der Waals surface area contributed by atoms with E-state index in [1.54, 1.807) is 0 Å². The third-order valence-electron chi connectivity index (χ3n) is 2.11. The molecule has 11 heavy (non-hydrogen) atoms. The van der Waals surface area contributed by atoms with Crippen LogP contribution in [0.15, 0.2) is 18.2 Å². The van der Waals surface area contributed by atoms with Crippen LogP contribution in [0.2, 0.25) is 0 Å². The second-order valence-electron chi connectivity index (χ2n) is 3.03. The lowest BCUT2D eigenvalue weighted by atomic mass is 10.1. The summed E-state index contributed by atoms with van der Waals surface area (Å²) in [6.07, 6.45) is 0. The van der Waals surface area contributed by atoms with E-state index in [0.29, 0.717) is 0 Å². The van der Waals surface area contributed by atoms with Gasteiger partial charge in [-0.1, -0.05) is 12.1 Å². The first kappa shape index (κ1) is 6.68. The van der Waals surface area contributed by atoms with Gasteiger partial charge in [0.15, 0.2) is 0 Å². The fourth-order valence-corrected chi connectivity index (χ4v) is 1.42. The Kier molecular flexibility index (Phi) is 1.36. The third kappa shape index (κ3) is 0.994. The summed E-state index contributed by atoms with van der Waals surface area (Å²) < 4.78 is 0. The molecule has 1 aromatic rings. The van der Waals surface area contributed by atoms with Crippen molar-refractivity contribution in [3.63, 3.8) is 0 Å². The molecule has 0 bridgehead atoms. The zero-order valence-corrected chi connectivity index (χ0v) is 6.89. The predicted octanol–water partition coefficient (Wildman–Crippen LogP) is 1.45. The number of hydrazine groups is 1. The molecule has 1 N–H and O–H groups in total. The maximum Gasteiger partial charge on any atom is 0.0564 e. The van der Waals surface area contributed by atoms with Crippen molar-refractivity contribution in [2.75, 3.05) is 12.1 Å². The number of nitrogens with one attached hydrogen (secondary N) is 1. The van der Waals surface area contributed by atoms with Crippen molar-refractivity contribution in [2.45, 2.75) is 13.5 Å². The fraction of sp³-hybridized carbons (Fsp3) is 0.333. The molecule has 0 aliphatic carbocycles. The van der Waals surface area contributed by atoms with Gasteiger partial charge in [0.25, 0.3) is 0 Å². The quantitative estimate of drug-likeness (QED) is 0.599. The number of hydrogen-bond donors (Lipinski definition) is 1. The molecule has 2 heteroatoms. The van der Waals surface area contributed by atoms with Gasteiger partial charge in [-0.25, -0.2) is 5.43 Å². The van der Waals surface area contributed by atoms with Crippen molar-refractivity contribution in [2.24, 2.45) is 0 Å². The molecule has 0 spiro atoms. The van der Waals surface area contributed by atoms with Crippen molar-refractivity contribution in [3.05, 3.63) is 29.3 Å². The van der Waals surface area contributed by atoms with Gasteiger partial charge in [-0.3, -0.25) is 0 Å².